The van der Waals surface area contributed by atoms with Gasteiger partial charge in [-0.2, -0.15) is 0 Å². The van der Waals surface area contributed by atoms with Gasteiger partial charge in [-0.25, -0.2) is 4.98 Å². The van der Waals surface area contributed by atoms with Crippen LogP contribution in [0.4, 0.5) is 0 Å². The third-order valence-electron chi connectivity index (χ3n) is 2.74. The van der Waals surface area contributed by atoms with E-state index in [9.17, 15) is 9.59 Å². The van der Waals surface area contributed by atoms with Gasteiger partial charge < -0.3 is 15.4 Å². The largest absolute Gasteiger partial charge is 0.481 e. The maximum Gasteiger partial charge on any atom is 0.305 e. The molecule has 0 amide bonds. The van der Waals surface area contributed by atoms with E-state index in [0.29, 0.717) is 11.1 Å². The molecule has 6 nitrogen and oxygen atoms in total. The second-order valence-corrected chi connectivity index (χ2v) is 4.13. The van der Waals surface area contributed by atoms with Crippen LogP contribution in [0.2, 0.25) is 0 Å². The van der Waals surface area contributed by atoms with E-state index in [1.165, 1.54) is 0 Å². The molecule has 1 unspecified atom stereocenters. The minimum Gasteiger partial charge on any atom is -0.481 e. The first-order valence-corrected chi connectivity index (χ1v) is 5.41. The highest BCUT2D eigenvalue weighted by atomic mass is 16.4. The topological polar surface area (TPSA) is 98.2 Å². The number of aromatic nitrogens is 2. The van der Waals surface area contributed by atoms with Gasteiger partial charge in [0.05, 0.1) is 29.8 Å². The molecular formula is C12H13N3O3. The van der Waals surface area contributed by atoms with Crippen LogP contribution in [0.15, 0.2) is 24.5 Å². The van der Waals surface area contributed by atoms with Crippen molar-refractivity contribution >= 4 is 22.8 Å². The van der Waals surface area contributed by atoms with Crippen molar-refractivity contribution in [2.75, 3.05) is 0 Å². The van der Waals surface area contributed by atoms with Crippen LogP contribution in [0.5, 0.6) is 0 Å². The monoisotopic (exact) mass is 247 g/mol. The molecule has 1 heterocycles. The number of imidazole rings is 1. The molecule has 0 aliphatic heterocycles. The molecule has 0 aliphatic rings. The zero-order valence-electron chi connectivity index (χ0n) is 9.83. The lowest BCUT2D eigenvalue weighted by Gasteiger charge is -2.07. The second kappa shape index (κ2) is 4.58. The number of carbonyl (C=O) groups is 2. The molecule has 2 rings (SSSR count). The molecule has 0 bridgehead atoms. The number of carboxylic acid groups (broad SMARTS) is 1. The van der Waals surface area contributed by atoms with Crippen molar-refractivity contribution in [3.05, 3.63) is 30.1 Å². The molecule has 2 aromatic rings. The normalized spacial score (nSPS) is 12.6. The Balaban J connectivity index is 2.30. The first-order valence-electron chi connectivity index (χ1n) is 5.41. The van der Waals surface area contributed by atoms with Crippen molar-refractivity contribution in [2.24, 2.45) is 12.8 Å². The Hall–Kier alpha value is -2.21. The Morgan fingerprint density at radius 1 is 1.50 bits per heavy atom. The van der Waals surface area contributed by atoms with E-state index in [2.05, 4.69) is 4.98 Å². The predicted octanol–water partition coefficient (Wildman–Crippen LogP) is 0.558. The van der Waals surface area contributed by atoms with Crippen LogP contribution in [0.1, 0.15) is 16.8 Å². The fourth-order valence-electron chi connectivity index (χ4n) is 1.78. The van der Waals surface area contributed by atoms with Crippen LogP contribution in [-0.4, -0.2) is 32.5 Å². The average Bonchev–Trinajstić information content (AvgIpc) is 2.69. The highest BCUT2D eigenvalue weighted by molar-refractivity contribution is 6.03. The minimum atomic E-state index is -1.09. The Morgan fingerprint density at radius 3 is 2.89 bits per heavy atom. The van der Waals surface area contributed by atoms with Gasteiger partial charge in [0.25, 0.3) is 0 Å². The standard InChI is InChI=1S/C12H13N3O3/c1-15-6-14-9-4-7(2-3-10(9)15)12(18)8(13)5-11(16)17/h2-4,6,8H,5,13H2,1H3,(H,16,17). The number of hydrogen-bond acceptors (Lipinski definition) is 4. The molecule has 3 N–H and O–H groups in total. The van der Waals surface area contributed by atoms with Crippen LogP contribution < -0.4 is 5.73 Å². The Labute approximate surface area is 103 Å². The summed E-state index contributed by atoms with van der Waals surface area (Å²) in [7, 11) is 1.85. The van der Waals surface area contributed by atoms with Crippen molar-refractivity contribution in [1.82, 2.24) is 9.55 Å². The van der Waals surface area contributed by atoms with Crippen molar-refractivity contribution in [1.29, 1.82) is 0 Å². The fraction of sp³-hybridized carbons (Fsp3) is 0.250. The second-order valence-electron chi connectivity index (χ2n) is 4.13. The van der Waals surface area contributed by atoms with Crippen molar-refractivity contribution in [3.63, 3.8) is 0 Å². The van der Waals surface area contributed by atoms with Gasteiger partial charge >= 0.3 is 5.97 Å². The van der Waals surface area contributed by atoms with Crippen LogP contribution in [0.25, 0.3) is 11.0 Å². The fourth-order valence-corrected chi connectivity index (χ4v) is 1.78. The van der Waals surface area contributed by atoms with Gasteiger partial charge in [-0.05, 0) is 18.2 Å². The molecule has 1 aromatic heterocycles. The van der Waals surface area contributed by atoms with E-state index in [1.54, 1.807) is 24.5 Å². The van der Waals surface area contributed by atoms with Crippen LogP contribution in [0.3, 0.4) is 0 Å². The van der Waals surface area contributed by atoms with E-state index in [4.69, 9.17) is 10.8 Å². The Morgan fingerprint density at radius 2 is 2.22 bits per heavy atom. The lowest BCUT2D eigenvalue weighted by Crippen LogP contribution is -2.32. The average molecular weight is 247 g/mol. The smallest absolute Gasteiger partial charge is 0.305 e. The summed E-state index contributed by atoms with van der Waals surface area (Å²) >= 11 is 0. The number of aryl methyl sites for hydroxylation is 1. The summed E-state index contributed by atoms with van der Waals surface area (Å²) < 4.78 is 1.83. The summed E-state index contributed by atoms with van der Waals surface area (Å²) in [4.78, 5) is 26.6. The molecule has 0 aliphatic carbocycles. The lowest BCUT2D eigenvalue weighted by atomic mass is 10.0. The molecule has 0 spiro atoms. The number of hydrogen-bond donors (Lipinski definition) is 2. The van der Waals surface area contributed by atoms with Crippen LogP contribution in [0, 0.1) is 0 Å². The zero-order valence-corrected chi connectivity index (χ0v) is 9.83. The summed E-state index contributed by atoms with van der Waals surface area (Å²) in [6.45, 7) is 0. The molecule has 18 heavy (non-hydrogen) atoms. The first-order chi connectivity index (χ1) is 8.49. The number of rotatable bonds is 4. The van der Waals surface area contributed by atoms with Crippen molar-refractivity contribution < 1.29 is 14.7 Å². The summed E-state index contributed by atoms with van der Waals surface area (Å²) in [6, 6.07) is 4.00. The van der Waals surface area contributed by atoms with Crippen LogP contribution >= 0.6 is 0 Å². The van der Waals surface area contributed by atoms with E-state index in [1.807, 2.05) is 11.6 Å². The number of fused-ring (bicyclic) bond motifs is 1. The van der Waals surface area contributed by atoms with Crippen LogP contribution in [-0.2, 0) is 11.8 Å². The molecule has 0 radical (unpaired) electrons. The van der Waals surface area contributed by atoms with Gasteiger partial charge in [0.1, 0.15) is 0 Å². The molecular weight excluding hydrogens is 234 g/mol. The molecule has 94 valence electrons. The van der Waals surface area contributed by atoms with Crippen molar-refractivity contribution in [3.8, 4) is 0 Å². The molecule has 1 atom stereocenters. The van der Waals surface area contributed by atoms with Gasteiger partial charge in [-0.15, -0.1) is 0 Å². The summed E-state index contributed by atoms with van der Waals surface area (Å²) in [5, 5.41) is 8.61. The van der Waals surface area contributed by atoms with E-state index in [0.717, 1.165) is 5.52 Å². The number of nitrogens with two attached hydrogens (primary N) is 1. The maximum absolute atomic E-state index is 11.9. The molecule has 0 saturated heterocycles. The third-order valence-corrected chi connectivity index (χ3v) is 2.74. The third kappa shape index (κ3) is 2.23. The zero-order chi connectivity index (χ0) is 13.3. The highest BCUT2D eigenvalue weighted by Gasteiger charge is 2.19. The molecule has 6 heteroatoms. The van der Waals surface area contributed by atoms with Gasteiger partial charge in [-0.3, -0.25) is 9.59 Å². The summed E-state index contributed by atoms with van der Waals surface area (Å²) in [6.07, 6.45) is 1.27. The van der Waals surface area contributed by atoms with E-state index >= 15 is 0 Å². The molecule has 1 aromatic carbocycles. The quantitative estimate of drug-likeness (QED) is 0.769. The van der Waals surface area contributed by atoms with Gasteiger partial charge in [0, 0.05) is 12.6 Å². The predicted molar refractivity (Wildman–Crippen MR) is 65.3 cm³/mol. The number of nitrogens with zero attached hydrogens (tertiary/aromatic N) is 2. The number of ketones is 1. The van der Waals surface area contributed by atoms with Gasteiger partial charge in [0.15, 0.2) is 5.78 Å². The Bertz CT molecular complexity index is 618. The number of benzene rings is 1. The lowest BCUT2D eigenvalue weighted by molar-refractivity contribution is -0.137. The number of Topliss-reactive ketones (excluding diaryl/α,β-unsaturated/α-hetero) is 1. The van der Waals surface area contributed by atoms with Gasteiger partial charge in [0.2, 0.25) is 0 Å². The van der Waals surface area contributed by atoms with E-state index < -0.39 is 12.0 Å². The van der Waals surface area contributed by atoms with E-state index in [-0.39, 0.29) is 12.2 Å². The number of aliphatic carboxylic acids is 1. The number of carbonyl (C=O) groups excluding carboxylic acids is 1. The molecule has 0 fully saturated rings. The Kier molecular flexibility index (Phi) is 3.12. The SMILES string of the molecule is Cn1cnc2cc(C(=O)C(N)CC(=O)O)ccc21. The summed E-state index contributed by atoms with van der Waals surface area (Å²) in [5.41, 5.74) is 7.51. The molecule has 0 saturated carbocycles. The van der Waals surface area contributed by atoms with Crippen molar-refractivity contribution in [2.45, 2.75) is 12.5 Å². The highest BCUT2D eigenvalue weighted by Crippen LogP contribution is 2.15. The summed E-state index contributed by atoms with van der Waals surface area (Å²) in [5.74, 6) is -1.47. The maximum atomic E-state index is 11.9. The number of carboxylic acids is 1. The van der Waals surface area contributed by atoms with Gasteiger partial charge in [-0.1, -0.05) is 0 Å². The minimum absolute atomic E-state index is 0.376. The first kappa shape index (κ1) is 12.3.